The Balaban J connectivity index is 2.29. The van der Waals surface area contributed by atoms with Crippen molar-refractivity contribution < 1.29 is 0 Å². The number of aromatic nitrogens is 1. The first-order valence-electron chi connectivity index (χ1n) is 8.22. The lowest BCUT2D eigenvalue weighted by Crippen LogP contribution is -1.95. The van der Waals surface area contributed by atoms with E-state index in [1.54, 1.807) is 0 Å². The van der Waals surface area contributed by atoms with Crippen molar-refractivity contribution in [2.24, 2.45) is 0 Å². The van der Waals surface area contributed by atoms with E-state index in [-0.39, 0.29) is 0 Å². The highest BCUT2D eigenvalue weighted by molar-refractivity contribution is 6.19. The van der Waals surface area contributed by atoms with Gasteiger partial charge in [0.1, 0.15) is 0 Å². The Bertz CT molecular complexity index is 1120. The topological polar surface area (TPSA) is 4.93 Å². The molecule has 4 aromatic rings. The maximum absolute atomic E-state index is 3.89. The molecule has 0 unspecified atom stereocenters. The molecule has 24 heavy (non-hydrogen) atoms. The molecule has 0 saturated carbocycles. The lowest BCUT2D eigenvalue weighted by molar-refractivity contribution is 1.24. The van der Waals surface area contributed by atoms with Crippen molar-refractivity contribution in [2.75, 3.05) is 0 Å². The van der Waals surface area contributed by atoms with E-state index >= 15 is 0 Å². The van der Waals surface area contributed by atoms with E-state index in [4.69, 9.17) is 0 Å². The lowest BCUT2D eigenvalue weighted by atomic mass is 10.1. The van der Waals surface area contributed by atoms with Crippen molar-refractivity contribution in [2.45, 2.75) is 6.92 Å². The van der Waals surface area contributed by atoms with Crippen molar-refractivity contribution in [3.05, 3.63) is 91.5 Å². The molecule has 0 N–H and O–H groups in total. The molecule has 0 spiro atoms. The van der Waals surface area contributed by atoms with Crippen LogP contribution in [0.3, 0.4) is 0 Å². The van der Waals surface area contributed by atoms with Gasteiger partial charge >= 0.3 is 0 Å². The Morgan fingerprint density at radius 2 is 1.62 bits per heavy atom. The quantitative estimate of drug-likeness (QED) is 0.378. The number of fused-ring (bicyclic) bond motifs is 5. The Labute approximate surface area is 141 Å². The summed E-state index contributed by atoms with van der Waals surface area (Å²) in [6, 6.07) is 21.6. The predicted molar refractivity (Wildman–Crippen MR) is 106 cm³/mol. The summed E-state index contributed by atoms with van der Waals surface area (Å²) in [5, 5.41) is 5.08. The van der Waals surface area contributed by atoms with Gasteiger partial charge in [0.15, 0.2) is 0 Å². The Hall–Kier alpha value is -3.06. The number of para-hydroxylation sites is 1. The molecule has 0 fully saturated rings. The largest absolute Gasteiger partial charge is 0.309 e. The van der Waals surface area contributed by atoms with E-state index < -0.39 is 0 Å². The summed E-state index contributed by atoms with van der Waals surface area (Å²) >= 11 is 0. The first-order valence-corrected chi connectivity index (χ1v) is 8.22. The maximum Gasteiger partial charge on any atom is 0.0619 e. The fourth-order valence-electron chi connectivity index (χ4n) is 3.49. The molecular weight excluding hydrogens is 290 g/mol. The van der Waals surface area contributed by atoms with Gasteiger partial charge in [-0.05, 0) is 30.5 Å². The Kier molecular flexibility index (Phi) is 3.55. The SMILES string of the molecule is C=C/C=C(\C=C/C)n1c2ccccc2c2ccc3ccccc3c21. The molecule has 1 heterocycles. The molecule has 0 amide bonds. The molecule has 0 aliphatic rings. The number of hydrogen-bond donors (Lipinski definition) is 0. The van der Waals surface area contributed by atoms with Crippen molar-refractivity contribution in [1.82, 2.24) is 4.57 Å². The summed E-state index contributed by atoms with van der Waals surface area (Å²) in [6.07, 6.45) is 8.12. The van der Waals surface area contributed by atoms with Gasteiger partial charge in [-0.25, -0.2) is 0 Å². The van der Waals surface area contributed by atoms with E-state index in [1.807, 2.05) is 13.0 Å². The number of benzene rings is 3. The first kappa shape index (κ1) is 14.5. The van der Waals surface area contributed by atoms with Crippen LogP contribution in [0.4, 0.5) is 0 Å². The molecule has 116 valence electrons. The molecule has 3 aromatic carbocycles. The molecule has 0 saturated heterocycles. The second kappa shape index (κ2) is 5.86. The third-order valence-corrected chi connectivity index (χ3v) is 4.44. The summed E-state index contributed by atoms with van der Waals surface area (Å²) in [7, 11) is 0. The van der Waals surface area contributed by atoms with Gasteiger partial charge in [0, 0.05) is 21.9 Å². The van der Waals surface area contributed by atoms with Crippen LogP contribution in [0.1, 0.15) is 6.92 Å². The number of rotatable bonds is 3. The molecule has 0 bridgehead atoms. The third kappa shape index (κ3) is 2.10. The molecule has 0 aliphatic carbocycles. The fraction of sp³-hybridized carbons (Fsp3) is 0.0435. The van der Waals surface area contributed by atoms with E-state index in [0.717, 1.165) is 5.70 Å². The van der Waals surface area contributed by atoms with E-state index in [1.165, 1.54) is 32.6 Å². The second-order valence-corrected chi connectivity index (χ2v) is 5.86. The third-order valence-electron chi connectivity index (χ3n) is 4.44. The van der Waals surface area contributed by atoms with E-state index in [9.17, 15) is 0 Å². The minimum absolute atomic E-state index is 1.12. The van der Waals surface area contributed by atoms with Crippen molar-refractivity contribution >= 4 is 38.3 Å². The smallest absolute Gasteiger partial charge is 0.0619 e. The molecule has 0 radical (unpaired) electrons. The highest BCUT2D eigenvalue weighted by Crippen LogP contribution is 2.36. The summed E-state index contributed by atoms with van der Waals surface area (Å²) in [4.78, 5) is 0. The summed E-state index contributed by atoms with van der Waals surface area (Å²) < 4.78 is 2.34. The maximum atomic E-state index is 3.89. The molecule has 4 rings (SSSR count). The zero-order chi connectivity index (χ0) is 16.5. The van der Waals surface area contributed by atoms with Crippen molar-refractivity contribution in [3.8, 4) is 0 Å². The van der Waals surface area contributed by atoms with Crippen LogP contribution in [-0.2, 0) is 0 Å². The molecule has 1 heteroatoms. The molecular formula is C23H19N. The van der Waals surface area contributed by atoms with Crippen LogP contribution in [0.2, 0.25) is 0 Å². The minimum Gasteiger partial charge on any atom is -0.309 e. The van der Waals surface area contributed by atoms with Gasteiger partial charge in [-0.1, -0.05) is 73.3 Å². The van der Waals surface area contributed by atoms with Crippen LogP contribution < -0.4 is 0 Å². The minimum atomic E-state index is 1.12. The van der Waals surface area contributed by atoms with Gasteiger partial charge in [0.2, 0.25) is 0 Å². The van der Waals surface area contributed by atoms with Crippen molar-refractivity contribution in [3.63, 3.8) is 0 Å². The van der Waals surface area contributed by atoms with Gasteiger partial charge in [0.05, 0.1) is 11.0 Å². The van der Waals surface area contributed by atoms with Crippen LogP contribution in [-0.4, -0.2) is 4.57 Å². The van der Waals surface area contributed by atoms with Crippen LogP contribution in [0, 0.1) is 0 Å². The predicted octanol–water partition coefficient (Wildman–Crippen LogP) is 6.55. The number of nitrogens with zero attached hydrogens (tertiary/aromatic N) is 1. The normalized spacial score (nSPS) is 12.6. The average molecular weight is 309 g/mol. The van der Waals surface area contributed by atoms with Crippen LogP contribution in [0.5, 0.6) is 0 Å². The molecule has 0 aliphatic heterocycles. The molecule has 1 nitrogen and oxygen atoms in total. The standard InChI is InChI=1S/C23H19N/c1-3-9-18(10-4-2)24-22-14-8-7-13-20(22)21-16-15-17-11-5-6-12-19(17)23(21)24/h3-16H,1H2,2H3/b10-4-,18-9+. The number of hydrogen-bond acceptors (Lipinski definition) is 0. The van der Waals surface area contributed by atoms with Gasteiger partial charge in [-0.3, -0.25) is 0 Å². The van der Waals surface area contributed by atoms with Crippen molar-refractivity contribution in [1.29, 1.82) is 0 Å². The van der Waals surface area contributed by atoms with Gasteiger partial charge in [0.25, 0.3) is 0 Å². The highest BCUT2D eigenvalue weighted by Gasteiger charge is 2.14. The molecule has 1 aromatic heterocycles. The highest BCUT2D eigenvalue weighted by atomic mass is 15.0. The Morgan fingerprint density at radius 1 is 0.875 bits per heavy atom. The number of allylic oxidation sites excluding steroid dienone is 5. The van der Waals surface area contributed by atoms with Crippen LogP contribution in [0.15, 0.2) is 91.5 Å². The van der Waals surface area contributed by atoms with Gasteiger partial charge < -0.3 is 4.57 Å². The monoisotopic (exact) mass is 309 g/mol. The fourth-order valence-corrected chi connectivity index (χ4v) is 3.49. The van der Waals surface area contributed by atoms with E-state index in [2.05, 4.69) is 90.0 Å². The Morgan fingerprint density at radius 3 is 2.42 bits per heavy atom. The van der Waals surface area contributed by atoms with Crippen LogP contribution >= 0.6 is 0 Å². The zero-order valence-electron chi connectivity index (χ0n) is 13.7. The average Bonchev–Trinajstić information content (AvgIpc) is 2.96. The zero-order valence-corrected chi connectivity index (χ0v) is 13.7. The first-order chi connectivity index (χ1) is 11.8. The summed E-state index contributed by atoms with van der Waals surface area (Å²) in [5.74, 6) is 0. The summed E-state index contributed by atoms with van der Waals surface area (Å²) in [6.45, 7) is 5.94. The van der Waals surface area contributed by atoms with E-state index in [0.29, 0.717) is 0 Å². The van der Waals surface area contributed by atoms with Gasteiger partial charge in [-0.15, -0.1) is 0 Å². The van der Waals surface area contributed by atoms with Crippen LogP contribution in [0.25, 0.3) is 38.3 Å². The second-order valence-electron chi connectivity index (χ2n) is 5.86. The summed E-state index contributed by atoms with van der Waals surface area (Å²) in [5.41, 5.74) is 3.59. The van der Waals surface area contributed by atoms with Gasteiger partial charge in [-0.2, -0.15) is 0 Å². The molecule has 0 atom stereocenters. The lowest BCUT2D eigenvalue weighted by Gasteiger charge is -2.10.